The highest BCUT2D eigenvalue weighted by atomic mass is 32.2. The number of carbonyl (C=O) groups is 1. The Morgan fingerprint density at radius 3 is 2.12 bits per heavy atom. The van der Waals surface area contributed by atoms with Crippen LogP contribution in [0.15, 0.2) is 94.0 Å². The van der Waals surface area contributed by atoms with E-state index in [2.05, 4.69) is 15.5 Å². The number of hydrogen-bond donors (Lipinski definition) is 1. The zero-order valence-electron chi connectivity index (χ0n) is 13.9. The summed E-state index contributed by atoms with van der Waals surface area (Å²) in [5.74, 6) is -0.165. The normalized spacial score (nSPS) is 17.9. The first-order valence-electron chi connectivity index (χ1n) is 8.06. The van der Waals surface area contributed by atoms with Gasteiger partial charge in [0.25, 0.3) is 5.91 Å². The zero-order valence-corrected chi connectivity index (χ0v) is 14.8. The second-order valence-corrected chi connectivity index (χ2v) is 6.33. The van der Waals surface area contributed by atoms with Gasteiger partial charge in [-0.3, -0.25) is 10.1 Å². The predicted molar refractivity (Wildman–Crippen MR) is 111 cm³/mol. The van der Waals surface area contributed by atoms with E-state index in [4.69, 9.17) is 0 Å². The zero-order chi connectivity index (χ0) is 18.0. The molecule has 1 saturated heterocycles. The van der Waals surface area contributed by atoms with Crippen LogP contribution in [-0.2, 0) is 4.79 Å². The van der Waals surface area contributed by atoms with Crippen LogP contribution in [-0.4, -0.2) is 17.3 Å². The smallest absolute Gasteiger partial charge is 0.264 e. The standard InChI is InChI=1S/C21H17N3OS/c25-20-19(15-7-13-17-9-3-1-4-10-17)26-21(23-20)24-22-16-8-14-18-11-5-2-6-12-18/h1-16H,(H,23,24,25)/b13-7+,14-8+,19-15+,22-16-. The van der Waals surface area contributed by atoms with Crippen molar-refractivity contribution in [3.8, 4) is 0 Å². The van der Waals surface area contributed by atoms with Gasteiger partial charge in [-0.05, 0) is 35.0 Å². The van der Waals surface area contributed by atoms with Crippen LogP contribution in [0.5, 0.6) is 0 Å². The molecule has 0 atom stereocenters. The molecule has 128 valence electrons. The maximum atomic E-state index is 11.9. The first-order chi connectivity index (χ1) is 12.8. The molecule has 3 rings (SSSR count). The molecule has 26 heavy (non-hydrogen) atoms. The minimum absolute atomic E-state index is 0.165. The van der Waals surface area contributed by atoms with E-state index in [9.17, 15) is 4.79 Å². The highest BCUT2D eigenvalue weighted by Crippen LogP contribution is 2.23. The summed E-state index contributed by atoms with van der Waals surface area (Å²) in [6, 6.07) is 19.8. The van der Waals surface area contributed by atoms with E-state index in [1.807, 2.05) is 78.9 Å². The molecule has 4 nitrogen and oxygen atoms in total. The van der Waals surface area contributed by atoms with Gasteiger partial charge in [0.2, 0.25) is 0 Å². The van der Waals surface area contributed by atoms with Crippen molar-refractivity contribution in [3.05, 3.63) is 94.9 Å². The SMILES string of the molecule is O=C1N\C(=N/N=C\C=C\c2ccccc2)S/C1=C/C=C/c1ccccc1. The molecule has 5 heteroatoms. The lowest BCUT2D eigenvalue weighted by molar-refractivity contribution is -0.115. The minimum Gasteiger partial charge on any atom is -0.299 e. The molecule has 0 aliphatic carbocycles. The van der Waals surface area contributed by atoms with E-state index in [1.165, 1.54) is 11.8 Å². The summed E-state index contributed by atoms with van der Waals surface area (Å²) < 4.78 is 0. The quantitative estimate of drug-likeness (QED) is 0.485. The number of hydrogen-bond acceptors (Lipinski definition) is 4. The number of allylic oxidation sites excluding steroid dienone is 3. The van der Waals surface area contributed by atoms with Gasteiger partial charge in [0.05, 0.1) is 4.91 Å². The average molecular weight is 359 g/mol. The summed E-state index contributed by atoms with van der Waals surface area (Å²) in [5, 5.41) is 11.1. The number of rotatable bonds is 5. The second-order valence-electron chi connectivity index (χ2n) is 5.30. The Bertz CT molecular complexity index is 897. The number of nitrogens with one attached hydrogen (secondary N) is 1. The number of thioether (sulfide) groups is 1. The number of amides is 1. The van der Waals surface area contributed by atoms with Crippen LogP contribution in [0.3, 0.4) is 0 Å². The first-order valence-corrected chi connectivity index (χ1v) is 8.88. The summed E-state index contributed by atoms with van der Waals surface area (Å²) >= 11 is 1.27. The van der Waals surface area contributed by atoms with Gasteiger partial charge in [0.15, 0.2) is 5.17 Å². The Morgan fingerprint density at radius 2 is 1.46 bits per heavy atom. The second kappa shape index (κ2) is 9.34. The van der Waals surface area contributed by atoms with Crippen LogP contribution in [0.1, 0.15) is 11.1 Å². The van der Waals surface area contributed by atoms with Crippen LogP contribution in [0.25, 0.3) is 12.2 Å². The Balaban J connectivity index is 1.56. The van der Waals surface area contributed by atoms with Crippen molar-refractivity contribution in [1.82, 2.24) is 5.32 Å². The monoisotopic (exact) mass is 359 g/mol. The summed E-state index contributed by atoms with van der Waals surface area (Å²) in [4.78, 5) is 12.5. The van der Waals surface area contributed by atoms with E-state index in [1.54, 1.807) is 18.4 Å². The van der Waals surface area contributed by atoms with Gasteiger partial charge < -0.3 is 0 Å². The highest BCUT2D eigenvalue weighted by Gasteiger charge is 2.22. The molecule has 0 aromatic heterocycles. The van der Waals surface area contributed by atoms with Crippen molar-refractivity contribution < 1.29 is 4.79 Å². The lowest BCUT2D eigenvalue weighted by Crippen LogP contribution is -2.19. The molecular weight excluding hydrogens is 342 g/mol. The third kappa shape index (κ3) is 5.43. The van der Waals surface area contributed by atoms with Gasteiger partial charge in [0, 0.05) is 6.21 Å². The van der Waals surface area contributed by atoms with Gasteiger partial charge in [-0.25, -0.2) is 0 Å². The maximum absolute atomic E-state index is 11.9. The molecule has 2 aromatic rings. The molecule has 0 bridgehead atoms. The van der Waals surface area contributed by atoms with E-state index in [0.29, 0.717) is 10.1 Å². The van der Waals surface area contributed by atoms with Gasteiger partial charge >= 0.3 is 0 Å². The van der Waals surface area contributed by atoms with Crippen molar-refractivity contribution in [2.24, 2.45) is 10.2 Å². The summed E-state index contributed by atoms with van der Waals surface area (Å²) in [5.41, 5.74) is 2.17. The fourth-order valence-corrected chi connectivity index (χ4v) is 2.87. The fourth-order valence-electron chi connectivity index (χ4n) is 2.14. The Labute approximate surface area is 156 Å². The molecule has 0 saturated carbocycles. The highest BCUT2D eigenvalue weighted by molar-refractivity contribution is 8.18. The number of carbonyl (C=O) groups excluding carboxylic acids is 1. The Hall–Kier alpha value is -3.18. The number of nitrogens with zero attached hydrogens (tertiary/aromatic N) is 2. The molecule has 0 unspecified atom stereocenters. The van der Waals surface area contributed by atoms with Crippen LogP contribution >= 0.6 is 11.8 Å². The molecule has 1 fully saturated rings. The van der Waals surface area contributed by atoms with E-state index in [0.717, 1.165) is 11.1 Å². The number of benzene rings is 2. The Kier molecular flexibility index (Phi) is 6.34. The van der Waals surface area contributed by atoms with E-state index < -0.39 is 0 Å². The molecule has 1 N–H and O–H groups in total. The molecule has 1 aliphatic rings. The maximum Gasteiger partial charge on any atom is 0.264 e. The summed E-state index contributed by atoms with van der Waals surface area (Å²) in [6.45, 7) is 0. The van der Waals surface area contributed by atoms with Gasteiger partial charge in [-0.15, -0.1) is 5.10 Å². The van der Waals surface area contributed by atoms with E-state index in [-0.39, 0.29) is 5.91 Å². The predicted octanol–water partition coefficient (Wildman–Crippen LogP) is 4.50. The van der Waals surface area contributed by atoms with E-state index >= 15 is 0 Å². The van der Waals surface area contributed by atoms with Crippen molar-refractivity contribution >= 4 is 41.2 Å². The van der Waals surface area contributed by atoms with Gasteiger partial charge in [-0.1, -0.05) is 78.9 Å². The molecule has 1 amide bonds. The van der Waals surface area contributed by atoms with Crippen molar-refractivity contribution in [1.29, 1.82) is 0 Å². The van der Waals surface area contributed by atoms with Gasteiger partial charge in [0.1, 0.15) is 0 Å². The average Bonchev–Trinajstić information content (AvgIpc) is 3.03. The largest absolute Gasteiger partial charge is 0.299 e. The topological polar surface area (TPSA) is 53.8 Å². The third-order valence-electron chi connectivity index (χ3n) is 3.38. The van der Waals surface area contributed by atoms with Crippen molar-refractivity contribution in [2.45, 2.75) is 0 Å². The summed E-state index contributed by atoms with van der Waals surface area (Å²) in [7, 11) is 0. The number of amidine groups is 1. The fraction of sp³-hybridized carbons (Fsp3) is 0. The van der Waals surface area contributed by atoms with Crippen LogP contribution in [0, 0.1) is 0 Å². The van der Waals surface area contributed by atoms with Crippen LogP contribution in [0.2, 0.25) is 0 Å². The lowest BCUT2D eigenvalue weighted by Gasteiger charge is -1.89. The third-order valence-corrected chi connectivity index (χ3v) is 4.29. The first kappa shape index (κ1) is 17.6. The van der Waals surface area contributed by atoms with Gasteiger partial charge in [-0.2, -0.15) is 5.10 Å². The summed E-state index contributed by atoms with van der Waals surface area (Å²) in [6.07, 6.45) is 10.9. The molecule has 1 aliphatic heterocycles. The van der Waals surface area contributed by atoms with Crippen molar-refractivity contribution in [3.63, 3.8) is 0 Å². The van der Waals surface area contributed by atoms with Crippen molar-refractivity contribution in [2.75, 3.05) is 0 Å². The molecule has 1 heterocycles. The van der Waals surface area contributed by atoms with Crippen LogP contribution < -0.4 is 5.32 Å². The minimum atomic E-state index is -0.165. The van der Waals surface area contributed by atoms with Crippen LogP contribution in [0.4, 0.5) is 0 Å². The molecule has 0 spiro atoms. The molecular formula is C21H17N3OS. The molecule has 2 aromatic carbocycles. The lowest BCUT2D eigenvalue weighted by atomic mass is 10.2. The molecule has 0 radical (unpaired) electrons. The Morgan fingerprint density at radius 1 is 0.846 bits per heavy atom.